The topological polar surface area (TPSA) is 80.6 Å². The largest absolute Gasteiger partial charge is 0.489 e. The average Bonchev–Trinajstić information content (AvgIpc) is 3.54. The van der Waals surface area contributed by atoms with Crippen LogP contribution in [0.1, 0.15) is 56.5 Å². The Morgan fingerprint density at radius 2 is 1.67 bits per heavy atom. The first kappa shape index (κ1) is 29.3. The quantitative estimate of drug-likeness (QED) is 0.463. The molecule has 0 spiro atoms. The maximum atomic E-state index is 13.4. The molecule has 8 heteroatoms. The van der Waals surface area contributed by atoms with E-state index in [2.05, 4.69) is 66.3 Å². The molecular weight excluding hydrogens is 546 g/mol. The Bertz CT molecular complexity index is 1320. The van der Waals surface area contributed by atoms with E-state index in [1.54, 1.807) is 18.2 Å². The van der Waals surface area contributed by atoms with E-state index in [9.17, 15) is 4.79 Å². The molecular formula is C34H44ClN5O2. The van der Waals surface area contributed by atoms with Crippen molar-refractivity contribution in [2.45, 2.75) is 52.7 Å². The Balaban J connectivity index is 1.03. The van der Waals surface area contributed by atoms with Crippen LogP contribution in [0.4, 0.5) is 5.69 Å². The molecule has 2 atom stereocenters. The van der Waals surface area contributed by atoms with Gasteiger partial charge >= 0.3 is 0 Å². The van der Waals surface area contributed by atoms with E-state index in [4.69, 9.17) is 21.6 Å². The van der Waals surface area contributed by atoms with Crippen molar-refractivity contribution in [1.29, 1.82) is 5.26 Å². The van der Waals surface area contributed by atoms with Crippen molar-refractivity contribution < 1.29 is 9.53 Å². The molecule has 2 aromatic carbocycles. The SMILES string of the molecule is CC1(C)[C@H](NC(=O)c2ccc(N3CC4CN(CC5CCNCC5)CC4C3)cc2)C(C)(C)[C@H]1Oc1ccc(C#N)c(Cl)c1. The van der Waals surface area contributed by atoms with Gasteiger partial charge in [-0.15, -0.1) is 0 Å². The summed E-state index contributed by atoms with van der Waals surface area (Å²) < 4.78 is 6.37. The summed E-state index contributed by atoms with van der Waals surface area (Å²) in [6.07, 6.45) is 2.50. The van der Waals surface area contributed by atoms with Crippen molar-refractivity contribution in [3.63, 3.8) is 0 Å². The zero-order chi connectivity index (χ0) is 29.6. The van der Waals surface area contributed by atoms with Crippen molar-refractivity contribution >= 4 is 23.2 Å². The molecule has 3 aliphatic heterocycles. The van der Waals surface area contributed by atoms with Gasteiger partial charge in [0.05, 0.1) is 10.6 Å². The first-order chi connectivity index (χ1) is 20.1. The van der Waals surface area contributed by atoms with Crippen molar-refractivity contribution in [2.75, 3.05) is 50.7 Å². The van der Waals surface area contributed by atoms with E-state index in [0.717, 1.165) is 30.8 Å². The van der Waals surface area contributed by atoms with Gasteiger partial charge in [-0.1, -0.05) is 39.3 Å². The minimum atomic E-state index is -0.297. The van der Waals surface area contributed by atoms with Gasteiger partial charge in [-0.25, -0.2) is 0 Å². The number of anilines is 1. The molecule has 1 amide bonds. The lowest BCUT2D eigenvalue weighted by atomic mass is 9.49. The number of nitrogens with one attached hydrogen (secondary N) is 2. The Morgan fingerprint density at radius 3 is 2.26 bits per heavy atom. The lowest BCUT2D eigenvalue weighted by Gasteiger charge is -2.63. The van der Waals surface area contributed by atoms with Crippen molar-refractivity contribution in [1.82, 2.24) is 15.5 Å². The molecule has 4 fully saturated rings. The number of halogens is 1. The molecule has 1 saturated carbocycles. The number of likely N-dealkylation sites (tertiary alicyclic amines) is 1. The molecule has 2 unspecified atom stereocenters. The minimum Gasteiger partial charge on any atom is -0.489 e. The number of fused-ring (bicyclic) bond motifs is 1. The number of benzene rings is 2. The number of rotatable bonds is 7. The molecule has 1 aliphatic carbocycles. The van der Waals surface area contributed by atoms with Crippen LogP contribution in [0.2, 0.25) is 5.02 Å². The highest BCUT2D eigenvalue weighted by Crippen LogP contribution is 2.55. The molecule has 0 radical (unpaired) electrons. The third kappa shape index (κ3) is 5.50. The fourth-order valence-electron chi connectivity index (χ4n) is 8.51. The van der Waals surface area contributed by atoms with E-state index in [-0.39, 0.29) is 28.9 Å². The second-order valence-electron chi connectivity index (χ2n) is 14.2. The lowest BCUT2D eigenvalue weighted by Crippen LogP contribution is -2.74. The average molecular weight is 590 g/mol. The number of piperidine rings is 1. The summed E-state index contributed by atoms with van der Waals surface area (Å²) >= 11 is 6.23. The van der Waals surface area contributed by atoms with Crippen LogP contribution >= 0.6 is 11.6 Å². The van der Waals surface area contributed by atoms with Crippen LogP contribution < -0.4 is 20.3 Å². The van der Waals surface area contributed by atoms with Gasteiger partial charge in [0.15, 0.2) is 0 Å². The Kier molecular flexibility index (Phi) is 7.93. The van der Waals surface area contributed by atoms with Gasteiger partial charge in [-0.3, -0.25) is 4.79 Å². The van der Waals surface area contributed by atoms with E-state index in [1.165, 1.54) is 51.3 Å². The van der Waals surface area contributed by atoms with E-state index >= 15 is 0 Å². The first-order valence-corrected chi connectivity index (χ1v) is 15.9. The van der Waals surface area contributed by atoms with Gasteiger partial charge in [0, 0.05) is 66.9 Å². The summed E-state index contributed by atoms with van der Waals surface area (Å²) in [5.41, 5.74) is 1.73. The number of hydrogen-bond acceptors (Lipinski definition) is 6. The molecule has 2 aromatic rings. The summed E-state index contributed by atoms with van der Waals surface area (Å²) in [7, 11) is 0. The van der Waals surface area contributed by atoms with Gasteiger partial charge in [-0.05, 0) is 80.1 Å². The molecule has 0 bridgehead atoms. The molecule has 3 saturated heterocycles. The van der Waals surface area contributed by atoms with E-state index in [1.807, 2.05) is 12.1 Å². The van der Waals surface area contributed by atoms with Crippen LogP contribution in [0.3, 0.4) is 0 Å². The zero-order valence-corrected chi connectivity index (χ0v) is 26.1. The molecule has 3 heterocycles. The molecule has 6 rings (SSSR count). The van der Waals surface area contributed by atoms with Crippen LogP contribution in [0, 0.1) is 39.9 Å². The third-order valence-electron chi connectivity index (χ3n) is 10.5. The van der Waals surface area contributed by atoms with Crippen molar-refractivity contribution in [3.05, 3.63) is 58.6 Å². The standard InChI is InChI=1S/C34H44ClN5O2/c1-33(2)31(34(3,4)32(33)42-28-10-7-24(16-36)29(35)15-28)38-30(41)23-5-8-27(9-6-23)40-20-25-18-39(19-26(25)21-40)17-22-11-13-37-14-12-22/h5-10,15,22,25-26,31-32,37H,11-14,17-21H2,1-4H3,(H,38,41)/t25?,26?,31-,32-. The molecule has 42 heavy (non-hydrogen) atoms. The highest BCUT2D eigenvalue weighted by atomic mass is 35.5. The van der Waals surface area contributed by atoms with Crippen LogP contribution in [-0.2, 0) is 0 Å². The highest BCUT2D eigenvalue weighted by molar-refractivity contribution is 6.31. The fourth-order valence-corrected chi connectivity index (χ4v) is 8.73. The zero-order valence-electron chi connectivity index (χ0n) is 25.3. The van der Waals surface area contributed by atoms with Crippen LogP contribution in [0.15, 0.2) is 42.5 Å². The Hall–Kier alpha value is -2.79. The fraction of sp³-hybridized carbons (Fsp3) is 0.588. The molecule has 0 aromatic heterocycles. The van der Waals surface area contributed by atoms with Gasteiger partial charge < -0.3 is 25.2 Å². The smallest absolute Gasteiger partial charge is 0.251 e. The number of amides is 1. The van der Waals surface area contributed by atoms with Crippen molar-refractivity contribution in [2.24, 2.45) is 28.6 Å². The van der Waals surface area contributed by atoms with Crippen LogP contribution in [-0.4, -0.2) is 68.8 Å². The highest BCUT2D eigenvalue weighted by Gasteiger charge is 2.64. The lowest BCUT2D eigenvalue weighted by molar-refractivity contribution is -0.164. The molecule has 224 valence electrons. The second-order valence-corrected chi connectivity index (χ2v) is 14.6. The first-order valence-electron chi connectivity index (χ1n) is 15.5. The predicted octanol–water partition coefficient (Wildman–Crippen LogP) is 5.19. The second kappa shape index (κ2) is 11.4. The van der Waals surface area contributed by atoms with Gasteiger partial charge in [0.25, 0.3) is 5.91 Å². The summed E-state index contributed by atoms with van der Waals surface area (Å²) in [6, 6.07) is 15.3. The Morgan fingerprint density at radius 1 is 1.02 bits per heavy atom. The molecule has 2 N–H and O–H groups in total. The monoisotopic (exact) mass is 589 g/mol. The maximum absolute atomic E-state index is 13.4. The summed E-state index contributed by atoms with van der Waals surface area (Å²) in [5, 5.41) is 16.3. The number of carbonyl (C=O) groups is 1. The van der Waals surface area contributed by atoms with E-state index in [0.29, 0.717) is 21.9 Å². The summed E-state index contributed by atoms with van der Waals surface area (Å²) in [5.74, 6) is 2.92. The van der Waals surface area contributed by atoms with Gasteiger partial charge in [0.2, 0.25) is 0 Å². The number of hydrogen-bond donors (Lipinski definition) is 2. The van der Waals surface area contributed by atoms with Crippen molar-refractivity contribution in [3.8, 4) is 11.8 Å². The predicted molar refractivity (Wildman–Crippen MR) is 167 cm³/mol. The normalized spacial score (nSPS) is 28.5. The van der Waals surface area contributed by atoms with E-state index < -0.39 is 0 Å². The minimum absolute atomic E-state index is 0.0561. The Labute approximate surface area is 255 Å². The number of carbonyl (C=O) groups excluding carboxylic acids is 1. The number of nitrogens with zero attached hydrogens (tertiary/aromatic N) is 3. The molecule has 7 nitrogen and oxygen atoms in total. The molecule has 4 aliphatic rings. The van der Waals surface area contributed by atoms with Crippen LogP contribution in [0.25, 0.3) is 0 Å². The maximum Gasteiger partial charge on any atom is 0.251 e. The summed E-state index contributed by atoms with van der Waals surface area (Å²) in [6.45, 7) is 16.8. The number of nitriles is 1. The van der Waals surface area contributed by atoms with Gasteiger partial charge in [0.1, 0.15) is 17.9 Å². The van der Waals surface area contributed by atoms with Gasteiger partial charge in [-0.2, -0.15) is 5.26 Å². The summed E-state index contributed by atoms with van der Waals surface area (Å²) in [4.78, 5) is 18.6. The van der Waals surface area contributed by atoms with Crippen LogP contribution in [0.5, 0.6) is 5.75 Å². The number of ether oxygens (including phenoxy) is 1. The third-order valence-corrected chi connectivity index (χ3v) is 10.8.